The summed E-state index contributed by atoms with van der Waals surface area (Å²) in [5, 5.41) is 0. The van der Waals surface area contributed by atoms with Crippen LogP contribution in [0.1, 0.15) is 0 Å². The molecule has 105 valence electrons. The summed E-state index contributed by atoms with van der Waals surface area (Å²) in [6, 6.07) is 0. The van der Waals surface area contributed by atoms with Gasteiger partial charge in [0.2, 0.25) is 0 Å². The third kappa shape index (κ3) is 6.29. The van der Waals surface area contributed by atoms with Gasteiger partial charge in [0, 0.05) is 32.7 Å². The minimum absolute atomic E-state index is 0. The number of hydrogen-bond donors (Lipinski definition) is 0. The summed E-state index contributed by atoms with van der Waals surface area (Å²) in [6.07, 6.45) is -19.4. The molecule has 0 aliphatic carbocycles. The van der Waals surface area contributed by atoms with Crippen molar-refractivity contribution in [1.29, 1.82) is 0 Å². The van der Waals surface area contributed by atoms with Crippen LogP contribution < -0.4 is 0 Å². The van der Waals surface area contributed by atoms with Crippen LogP contribution in [0.2, 0.25) is 0 Å². The molecule has 3 nitrogen and oxygen atoms in total. The van der Waals surface area contributed by atoms with E-state index in [2.05, 4.69) is 0 Å². The zero-order chi connectivity index (χ0) is 14.1. The Morgan fingerprint density at radius 1 is 0.722 bits per heavy atom. The van der Waals surface area contributed by atoms with Crippen molar-refractivity contribution in [3.63, 3.8) is 0 Å². The van der Waals surface area contributed by atoms with Crippen molar-refractivity contribution in [2.45, 2.75) is 24.7 Å². The molecule has 18 heavy (non-hydrogen) atoms. The molecule has 0 aromatic rings. The molecule has 0 saturated heterocycles. The molecule has 0 rings (SSSR count). The molecular weight excluding hydrogens is 368 g/mol. The van der Waals surface area contributed by atoms with Crippen molar-refractivity contribution in [3.8, 4) is 0 Å². The molecule has 0 aromatic carbocycles. The van der Waals surface area contributed by atoms with Gasteiger partial charge in [0.05, 0.1) is 0 Å². The van der Waals surface area contributed by atoms with Gasteiger partial charge in [-0.1, -0.05) is 0 Å². The van der Waals surface area contributed by atoms with Gasteiger partial charge in [-0.05, 0) is 0 Å². The topological polar surface area (TPSA) is 35.5 Å². The minimum atomic E-state index is -6.43. The first kappa shape index (κ1) is 20.4. The maximum atomic E-state index is 11.9. The van der Waals surface area contributed by atoms with Gasteiger partial charge in [-0.3, -0.25) is 9.47 Å². The second kappa shape index (κ2) is 6.01. The zero-order valence-corrected chi connectivity index (χ0v) is 10.5. The standard InChI is InChI=1S/C5F9O3.Y/c6-3(7,8)2(1-15,16-4(9,10)11)17-5(12,13)14;/q-1;. The van der Waals surface area contributed by atoms with Crippen LogP contribution in [0.25, 0.3) is 0 Å². The molecule has 0 aliphatic rings. The SMILES string of the molecule is O=[C-]C(OC(F)(F)F)(OC(F)(F)F)C(F)(F)F.[Y]. The Bertz CT molecular complexity index is 263. The summed E-state index contributed by atoms with van der Waals surface area (Å²) < 4.78 is 109. The largest absolute Gasteiger partial charge is 0.536 e. The van der Waals surface area contributed by atoms with Gasteiger partial charge in [-0.15, -0.1) is 26.3 Å². The molecule has 0 aromatic heterocycles. The molecule has 0 fully saturated rings. The van der Waals surface area contributed by atoms with Crippen molar-refractivity contribution in [1.82, 2.24) is 0 Å². The van der Waals surface area contributed by atoms with Gasteiger partial charge in [0.25, 0.3) is 0 Å². The first-order chi connectivity index (χ1) is 7.22. The van der Waals surface area contributed by atoms with Gasteiger partial charge in [0.1, 0.15) is 0 Å². The first-order valence-electron chi connectivity index (χ1n) is 3.22. The van der Waals surface area contributed by atoms with Crippen molar-refractivity contribution in [3.05, 3.63) is 0 Å². The molecule has 0 N–H and O–H groups in total. The van der Waals surface area contributed by atoms with Crippen LogP contribution in [0.4, 0.5) is 39.5 Å². The Hall–Kier alpha value is 0.0639. The summed E-state index contributed by atoms with van der Waals surface area (Å²) in [4.78, 5) is 9.73. The van der Waals surface area contributed by atoms with Crippen LogP contribution in [0.15, 0.2) is 0 Å². The van der Waals surface area contributed by atoms with E-state index in [4.69, 9.17) is 0 Å². The van der Waals surface area contributed by atoms with E-state index in [0.717, 1.165) is 0 Å². The minimum Gasteiger partial charge on any atom is -0.536 e. The van der Waals surface area contributed by atoms with Gasteiger partial charge in [-0.2, -0.15) is 19.5 Å². The number of alkyl halides is 9. The van der Waals surface area contributed by atoms with Crippen LogP contribution in [0.3, 0.4) is 0 Å². The third-order valence-corrected chi connectivity index (χ3v) is 1.03. The summed E-state index contributed by atoms with van der Waals surface area (Å²) in [5.74, 6) is -5.61. The smallest absolute Gasteiger partial charge is 0.523 e. The monoisotopic (exact) mass is 368 g/mol. The quantitative estimate of drug-likeness (QED) is 0.436. The normalized spacial score (nSPS) is 14.1. The molecule has 0 atom stereocenters. The van der Waals surface area contributed by atoms with Crippen molar-refractivity contribution >= 4 is 6.29 Å². The molecular formula is C5F9O3Y-. The number of hydrogen-bond acceptors (Lipinski definition) is 3. The van der Waals surface area contributed by atoms with Crippen molar-refractivity contribution < 1.29 is 86.5 Å². The fraction of sp³-hybridized carbons (Fsp3) is 0.800. The molecule has 0 aliphatic heterocycles. The maximum Gasteiger partial charge on any atom is 0.523 e. The maximum absolute atomic E-state index is 11.9. The van der Waals surface area contributed by atoms with Crippen LogP contribution in [-0.4, -0.2) is 31.0 Å². The van der Waals surface area contributed by atoms with Gasteiger partial charge >= 0.3 is 18.9 Å². The molecule has 0 unspecified atom stereocenters. The molecule has 1 radical (unpaired) electrons. The number of rotatable bonds is 3. The summed E-state index contributed by atoms with van der Waals surface area (Å²) in [5.41, 5.74) is 0. The van der Waals surface area contributed by atoms with E-state index >= 15 is 0 Å². The van der Waals surface area contributed by atoms with Gasteiger partial charge < -0.3 is 4.79 Å². The fourth-order valence-corrected chi connectivity index (χ4v) is 0.562. The Labute approximate surface area is 117 Å². The number of halogens is 9. The predicted molar refractivity (Wildman–Crippen MR) is 28.8 cm³/mol. The number of ether oxygens (including phenoxy) is 2. The average molecular weight is 368 g/mol. The third-order valence-electron chi connectivity index (χ3n) is 1.03. The van der Waals surface area contributed by atoms with E-state index in [1.165, 1.54) is 0 Å². The van der Waals surface area contributed by atoms with E-state index in [-0.39, 0.29) is 32.7 Å². The van der Waals surface area contributed by atoms with Crippen molar-refractivity contribution in [2.24, 2.45) is 0 Å². The van der Waals surface area contributed by atoms with E-state index < -0.39 is 31.0 Å². The van der Waals surface area contributed by atoms with Gasteiger partial charge in [0.15, 0.2) is 5.79 Å². The predicted octanol–water partition coefficient (Wildman–Crippen LogP) is 2.42. The zero-order valence-electron chi connectivity index (χ0n) is 7.70. The van der Waals surface area contributed by atoms with E-state index in [1.807, 2.05) is 9.47 Å². The van der Waals surface area contributed by atoms with Crippen LogP contribution in [-0.2, 0) is 47.0 Å². The second-order valence-corrected chi connectivity index (χ2v) is 2.31. The van der Waals surface area contributed by atoms with Crippen LogP contribution >= 0.6 is 0 Å². The first-order valence-corrected chi connectivity index (χ1v) is 3.22. The van der Waals surface area contributed by atoms with E-state index in [0.29, 0.717) is 0 Å². The van der Waals surface area contributed by atoms with Crippen molar-refractivity contribution in [2.75, 3.05) is 0 Å². The number of carbonyl (C=O) groups excluding carboxylic acids is 1. The molecule has 0 heterocycles. The fourth-order valence-electron chi connectivity index (χ4n) is 0.562. The molecule has 13 heteroatoms. The Balaban J connectivity index is 0. The molecule has 0 amide bonds. The molecule has 0 saturated carbocycles. The van der Waals surface area contributed by atoms with E-state index in [9.17, 15) is 44.3 Å². The van der Waals surface area contributed by atoms with E-state index in [1.54, 1.807) is 0 Å². The average Bonchev–Trinajstić information content (AvgIpc) is 1.95. The van der Waals surface area contributed by atoms with Crippen LogP contribution in [0.5, 0.6) is 0 Å². The Kier molecular flexibility index (Phi) is 6.81. The Morgan fingerprint density at radius 2 is 1.00 bits per heavy atom. The summed E-state index contributed by atoms with van der Waals surface area (Å²) >= 11 is 0. The van der Waals surface area contributed by atoms with Crippen LogP contribution in [0, 0.1) is 0 Å². The molecule has 0 spiro atoms. The summed E-state index contributed by atoms with van der Waals surface area (Å²) in [7, 11) is 0. The second-order valence-electron chi connectivity index (χ2n) is 2.31. The molecule has 0 bridgehead atoms. The summed E-state index contributed by atoms with van der Waals surface area (Å²) in [6.45, 7) is 0. The van der Waals surface area contributed by atoms with Gasteiger partial charge in [-0.25, -0.2) is 0 Å². The Morgan fingerprint density at radius 3 is 1.11 bits per heavy atom.